The molecule has 5 nitrogen and oxygen atoms in total. The molecule has 1 aliphatic heterocycles. The van der Waals surface area contributed by atoms with E-state index < -0.39 is 12.0 Å². The van der Waals surface area contributed by atoms with E-state index in [0.29, 0.717) is 18.5 Å². The predicted octanol–water partition coefficient (Wildman–Crippen LogP) is 1.89. The van der Waals surface area contributed by atoms with Gasteiger partial charge in [-0.15, -0.1) is 0 Å². The number of carbonyl (C=O) groups excluding carboxylic acids is 1. The Kier molecular flexibility index (Phi) is 4.39. The van der Waals surface area contributed by atoms with Crippen LogP contribution in [0, 0.1) is 17.2 Å². The van der Waals surface area contributed by atoms with Gasteiger partial charge in [-0.1, -0.05) is 19.1 Å². The predicted molar refractivity (Wildman–Crippen MR) is 77.1 cm³/mol. The van der Waals surface area contributed by atoms with E-state index in [1.807, 2.05) is 13.0 Å². The second-order valence-corrected chi connectivity index (χ2v) is 5.15. The fourth-order valence-electron chi connectivity index (χ4n) is 2.55. The minimum atomic E-state index is -0.965. The van der Waals surface area contributed by atoms with Crippen molar-refractivity contribution in [2.24, 2.45) is 5.92 Å². The molecular weight excluding hydrogens is 268 g/mol. The summed E-state index contributed by atoms with van der Waals surface area (Å²) in [5.74, 6) is -1.32. The monoisotopic (exact) mass is 284 g/mol. The van der Waals surface area contributed by atoms with Crippen LogP contribution in [0.15, 0.2) is 30.3 Å². The summed E-state index contributed by atoms with van der Waals surface area (Å²) in [6, 6.07) is 8.15. The Morgan fingerprint density at radius 3 is 2.90 bits per heavy atom. The Bertz CT molecular complexity index is 631. The van der Waals surface area contributed by atoms with E-state index in [4.69, 9.17) is 5.26 Å². The highest BCUT2D eigenvalue weighted by molar-refractivity contribution is 5.94. The van der Waals surface area contributed by atoms with Crippen molar-refractivity contribution < 1.29 is 14.7 Å². The Labute approximate surface area is 123 Å². The van der Waals surface area contributed by atoms with Crippen LogP contribution in [-0.2, 0) is 9.59 Å². The minimum Gasteiger partial charge on any atom is -0.480 e. The molecule has 2 atom stereocenters. The van der Waals surface area contributed by atoms with Crippen molar-refractivity contribution >= 4 is 18.0 Å². The second-order valence-electron chi connectivity index (χ2n) is 5.15. The first-order chi connectivity index (χ1) is 10.0. The van der Waals surface area contributed by atoms with Crippen molar-refractivity contribution in [3.8, 4) is 6.07 Å². The van der Waals surface area contributed by atoms with E-state index in [2.05, 4.69) is 0 Å². The Morgan fingerprint density at radius 2 is 2.24 bits per heavy atom. The van der Waals surface area contributed by atoms with Crippen LogP contribution >= 0.6 is 0 Å². The molecule has 21 heavy (non-hydrogen) atoms. The van der Waals surface area contributed by atoms with Gasteiger partial charge in [0.25, 0.3) is 0 Å². The first kappa shape index (κ1) is 14.8. The van der Waals surface area contributed by atoms with Crippen LogP contribution in [0.3, 0.4) is 0 Å². The van der Waals surface area contributed by atoms with Crippen LogP contribution < -0.4 is 0 Å². The summed E-state index contributed by atoms with van der Waals surface area (Å²) in [5, 5.41) is 18.0. The molecule has 1 fully saturated rings. The van der Waals surface area contributed by atoms with Crippen LogP contribution in [0.2, 0.25) is 0 Å². The van der Waals surface area contributed by atoms with E-state index in [9.17, 15) is 14.7 Å². The van der Waals surface area contributed by atoms with E-state index in [0.717, 1.165) is 5.56 Å². The molecule has 0 bridgehead atoms. The number of likely N-dealkylation sites (tertiary alicyclic amines) is 1. The van der Waals surface area contributed by atoms with Crippen LogP contribution in [-0.4, -0.2) is 34.5 Å². The van der Waals surface area contributed by atoms with Gasteiger partial charge in [0.2, 0.25) is 5.91 Å². The summed E-state index contributed by atoms with van der Waals surface area (Å²) >= 11 is 0. The number of nitrogens with zero attached hydrogens (tertiary/aromatic N) is 2. The van der Waals surface area contributed by atoms with Gasteiger partial charge in [-0.2, -0.15) is 5.26 Å². The molecule has 1 aromatic carbocycles. The van der Waals surface area contributed by atoms with E-state index in [1.54, 1.807) is 30.3 Å². The zero-order chi connectivity index (χ0) is 15.4. The molecule has 1 aliphatic rings. The van der Waals surface area contributed by atoms with E-state index >= 15 is 0 Å². The zero-order valence-corrected chi connectivity index (χ0v) is 11.7. The highest BCUT2D eigenvalue weighted by atomic mass is 16.4. The highest BCUT2D eigenvalue weighted by Crippen LogP contribution is 2.24. The van der Waals surface area contributed by atoms with Gasteiger partial charge in [0.1, 0.15) is 6.04 Å². The summed E-state index contributed by atoms with van der Waals surface area (Å²) in [6.07, 6.45) is 3.66. The lowest BCUT2D eigenvalue weighted by Crippen LogP contribution is -2.42. The van der Waals surface area contributed by atoms with Crippen molar-refractivity contribution in [1.82, 2.24) is 4.90 Å². The van der Waals surface area contributed by atoms with Gasteiger partial charge < -0.3 is 10.0 Å². The van der Waals surface area contributed by atoms with Crippen molar-refractivity contribution in [1.29, 1.82) is 5.26 Å². The minimum absolute atomic E-state index is 0.0400. The van der Waals surface area contributed by atoms with Crippen LogP contribution in [0.25, 0.3) is 6.08 Å². The fraction of sp³-hybridized carbons (Fsp3) is 0.312. The molecule has 5 heteroatoms. The average Bonchev–Trinajstić information content (AvgIpc) is 2.87. The number of nitriles is 1. The Balaban J connectivity index is 2.12. The SMILES string of the molecule is CC1CCN(C(=O)/C=C/c2cccc(C#N)c2)C1C(=O)O. The molecule has 1 saturated heterocycles. The number of hydrogen-bond donors (Lipinski definition) is 1. The topological polar surface area (TPSA) is 81.4 Å². The first-order valence-corrected chi connectivity index (χ1v) is 6.74. The maximum absolute atomic E-state index is 12.1. The lowest BCUT2D eigenvalue weighted by Gasteiger charge is -2.21. The highest BCUT2D eigenvalue weighted by Gasteiger charge is 2.38. The van der Waals surface area contributed by atoms with Gasteiger partial charge in [-0.05, 0) is 36.1 Å². The van der Waals surface area contributed by atoms with Gasteiger partial charge in [0.15, 0.2) is 0 Å². The third-order valence-electron chi connectivity index (χ3n) is 3.67. The number of carboxylic acids is 1. The van der Waals surface area contributed by atoms with Crippen LogP contribution in [0.1, 0.15) is 24.5 Å². The van der Waals surface area contributed by atoms with Gasteiger partial charge >= 0.3 is 5.97 Å². The summed E-state index contributed by atoms with van der Waals surface area (Å²) in [7, 11) is 0. The molecule has 1 amide bonds. The number of rotatable bonds is 3. The van der Waals surface area contributed by atoms with Crippen molar-refractivity contribution in [3.05, 3.63) is 41.5 Å². The molecule has 2 rings (SSSR count). The smallest absolute Gasteiger partial charge is 0.326 e. The Hall–Kier alpha value is -2.61. The molecule has 0 saturated carbocycles. The summed E-state index contributed by atoms with van der Waals surface area (Å²) in [6.45, 7) is 2.30. The van der Waals surface area contributed by atoms with E-state index in [-0.39, 0.29) is 11.8 Å². The molecule has 1 aromatic rings. The molecule has 1 heterocycles. The standard InChI is InChI=1S/C16H16N2O3/c1-11-7-8-18(15(11)16(20)21)14(19)6-5-12-3-2-4-13(9-12)10-17/h2-6,9,11,15H,7-8H2,1H3,(H,20,21)/b6-5+. The molecule has 108 valence electrons. The normalized spacial score (nSPS) is 21.4. The number of hydrogen-bond acceptors (Lipinski definition) is 3. The van der Waals surface area contributed by atoms with Crippen molar-refractivity contribution in [2.75, 3.05) is 6.54 Å². The van der Waals surface area contributed by atoms with Crippen molar-refractivity contribution in [3.63, 3.8) is 0 Å². The molecule has 0 radical (unpaired) electrons. The summed E-state index contributed by atoms with van der Waals surface area (Å²) in [5.41, 5.74) is 1.25. The quantitative estimate of drug-likeness (QED) is 0.859. The third-order valence-corrected chi connectivity index (χ3v) is 3.67. The molecule has 0 aromatic heterocycles. The number of carboxylic acid groups (broad SMARTS) is 1. The number of benzene rings is 1. The second kappa shape index (κ2) is 6.23. The summed E-state index contributed by atoms with van der Waals surface area (Å²) in [4.78, 5) is 24.8. The van der Waals surface area contributed by atoms with Crippen molar-refractivity contribution in [2.45, 2.75) is 19.4 Å². The number of amides is 1. The van der Waals surface area contributed by atoms with Gasteiger partial charge in [0, 0.05) is 12.6 Å². The zero-order valence-electron chi connectivity index (χ0n) is 11.7. The van der Waals surface area contributed by atoms with Gasteiger partial charge in [-0.3, -0.25) is 4.79 Å². The molecular formula is C16H16N2O3. The molecule has 2 unspecified atom stereocenters. The maximum Gasteiger partial charge on any atom is 0.326 e. The van der Waals surface area contributed by atoms with E-state index in [1.165, 1.54) is 11.0 Å². The lowest BCUT2D eigenvalue weighted by molar-refractivity contribution is -0.147. The third kappa shape index (κ3) is 3.29. The molecule has 0 spiro atoms. The van der Waals surface area contributed by atoms with Gasteiger partial charge in [-0.25, -0.2) is 4.79 Å². The summed E-state index contributed by atoms with van der Waals surface area (Å²) < 4.78 is 0. The first-order valence-electron chi connectivity index (χ1n) is 6.74. The molecule has 1 N–H and O–H groups in total. The lowest BCUT2D eigenvalue weighted by atomic mass is 10.0. The average molecular weight is 284 g/mol. The number of carbonyl (C=O) groups is 2. The largest absolute Gasteiger partial charge is 0.480 e. The number of aliphatic carboxylic acids is 1. The van der Waals surface area contributed by atoms with Gasteiger partial charge in [0.05, 0.1) is 11.6 Å². The fourth-order valence-corrected chi connectivity index (χ4v) is 2.55. The van der Waals surface area contributed by atoms with Crippen LogP contribution in [0.5, 0.6) is 0 Å². The Morgan fingerprint density at radius 1 is 1.48 bits per heavy atom. The maximum atomic E-state index is 12.1. The van der Waals surface area contributed by atoms with Crippen LogP contribution in [0.4, 0.5) is 0 Å². The molecule has 0 aliphatic carbocycles.